The van der Waals surface area contributed by atoms with Gasteiger partial charge < -0.3 is 14.8 Å². The predicted octanol–water partition coefficient (Wildman–Crippen LogP) is 1.10. The lowest BCUT2D eigenvalue weighted by atomic mass is 10.0. The van der Waals surface area contributed by atoms with Crippen LogP contribution in [0.25, 0.3) is 16.5 Å². The van der Waals surface area contributed by atoms with Gasteiger partial charge in [-0.05, 0) is 18.2 Å². The van der Waals surface area contributed by atoms with Crippen molar-refractivity contribution in [1.82, 2.24) is 10.3 Å². The summed E-state index contributed by atoms with van der Waals surface area (Å²) in [4.78, 5) is 26.0. The molecule has 19 heavy (non-hydrogen) atoms. The number of rotatable bonds is 2. The molecule has 96 valence electrons. The first kappa shape index (κ1) is 11.3. The van der Waals surface area contributed by atoms with Gasteiger partial charge in [0, 0.05) is 22.7 Å². The highest BCUT2D eigenvalue weighted by molar-refractivity contribution is 6.36. The number of aromatic nitrogens is 1. The van der Waals surface area contributed by atoms with E-state index < -0.39 is 17.6 Å². The van der Waals surface area contributed by atoms with Crippen LogP contribution >= 0.6 is 0 Å². The van der Waals surface area contributed by atoms with Gasteiger partial charge in [0.05, 0.1) is 12.7 Å². The van der Waals surface area contributed by atoms with E-state index in [0.29, 0.717) is 16.7 Å². The fourth-order valence-corrected chi connectivity index (χ4v) is 2.13. The van der Waals surface area contributed by atoms with Crippen LogP contribution in [-0.4, -0.2) is 29.0 Å². The van der Waals surface area contributed by atoms with Crippen LogP contribution in [0.1, 0.15) is 5.56 Å². The van der Waals surface area contributed by atoms with Crippen LogP contribution in [0.15, 0.2) is 30.2 Å². The molecule has 2 aromatic rings. The van der Waals surface area contributed by atoms with E-state index >= 15 is 0 Å². The number of nitrogens with one attached hydrogen (secondary N) is 2. The van der Waals surface area contributed by atoms with Gasteiger partial charge in [0.15, 0.2) is 5.76 Å². The molecule has 0 unspecified atom stereocenters. The Labute approximate surface area is 107 Å². The van der Waals surface area contributed by atoms with Gasteiger partial charge >= 0.3 is 0 Å². The lowest BCUT2D eigenvalue weighted by molar-refractivity contribution is -0.124. The molecule has 3 N–H and O–H groups in total. The molecule has 0 radical (unpaired) electrons. The lowest BCUT2D eigenvalue weighted by Gasteiger charge is -2.01. The van der Waals surface area contributed by atoms with Gasteiger partial charge in [-0.2, -0.15) is 0 Å². The van der Waals surface area contributed by atoms with Crippen LogP contribution < -0.4 is 10.1 Å². The lowest BCUT2D eigenvalue weighted by Crippen LogP contribution is -2.22. The van der Waals surface area contributed by atoms with E-state index in [1.165, 1.54) is 7.11 Å². The molecule has 1 aliphatic heterocycles. The molecule has 1 aromatic carbocycles. The van der Waals surface area contributed by atoms with Gasteiger partial charge in [0.2, 0.25) is 0 Å². The molecule has 0 saturated heterocycles. The number of carbonyl (C=O) groups excluding carboxylic acids is 2. The topological polar surface area (TPSA) is 91.4 Å². The third kappa shape index (κ3) is 1.57. The summed E-state index contributed by atoms with van der Waals surface area (Å²) in [6, 6.07) is 5.30. The third-order valence-electron chi connectivity index (χ3n) is 3.06. The molecule has 6 heteroatoms. The maximum atomic E-state index is 11.7. The van der Waals surface area contributed by atoms with Crippen LogP contribution in [0.5, 0.6) is 5.75 Å². The fourth-order valence-electron chi connectivity index (χ4n) is 2.13. The molecular weight excluding hydrogens is 248 g/mol. The SMILES string of the molecule is COc1ccc2[nH]cc(C3=C(O)C(=O)NC3=O)c2c1. The summed E-state index contributed by atoms with van der Waals surface area (Å²) in [5, 5.41) is 12.4. The fraction of sp³-hybridized carbons (Fsp3) is 0.0769. The molecule has 0 aliphatic carbocycles. The van der Waals surface area contributed by atoms with Gasteiger partial charge in [-0.15, -0.1) is 0 Å². The number of methoxy groups -OCH3 is 1. The molecule has 3 rings (SSSR count). The molecule has 0 fully saturated rings. The second-order valence-corrected chi connectivity index (χ2v) is 4.12. The number of aliphatic hydroxyl groups is 1. The summed E-state index contributed by atoms with van der Waals surface area (Å²) in [5.74, 6) is -1.32. The Bertz CT molecular complexity index is 742. The molecule has 1 aliphatic rings. The van der Waals surface area contributed by atoms with Crippen molar-refractivity contribution in [3.63, 3.8) is 0 Å². The van der Waals surface area contributed by atoms with Gasteiger partial charge in [-0.25, -0.2) is 0 Å². The number of fused-ring (bicyclic) bond motifs is 1. The zero-order chi connectivity index (χ0) is 13.6. The zero-order valence-electron chi connectivity index (χ0n) is 9.98. The normalized spacial score (nSPS) is 15.2. The minimum atomic E-state index is -0.780. The monoisotopic (exact) mass is 258 g/mol. The molecule has 0 bridgehead atoms. The highest BCUT2D eigenvalue weighted by Crippen LogP contribution is 2.31. The molecule has 0 spiro atoms. The Balaban J connectivity index is 2.26. The number of imide groups is 1. The maximum absolute atomic E-state index is 11.7. The van der Waals surface area contributed by atoms with Crippen LogP contribution in [0, 0.1) is 0 Å². The summed E-state index contributed by atoms with van der Waals surface area (Å²) in [5.41, 5.74) is 1.22. The summed E-state index contributed by atoms with van der Waals surface area (Å²) >= 11 is 0. The Morgan fingerprint density at radius 2 is 2.00 bits per heavy atom. The molecular formula is C13H10N2O4. The van der Waals surface area contributed by atoms with Crippen molar-refractivity contribution in [2.45, 2.75) is 0 Å². The zero-order valence-corrected chi connectivity index (χ0v) is 9.98. The van der Waals surface area contributed by atoms with E-state index in [2.05, 4.69) is 10.3 Å². The number of carbonyl (C=O) groups is 2. The average Bonchev–Trinajstić information content (AvgIpc) is 2.91. The summed E-state index contributed by atoms with van der Waals surface area (Å²) in [7, 11) is 1.54. The van der Waals surface area contributed by atoms with Crippen molar-refractivity contribution in [2.75, 3.05) is 7.11 Å². The van der Waals surface area contributed by atoms with Crippen molar-refractivity contribution >= 4 is 28.3 Å². The summed E-state index contributed by atoms with van der Waals surface area (Å²) in [6.07, 6.45) is 1.58. The quantitative estimate of drug-likeness (QED) is 0.703. The van der Waals surface area contributed by atoms with Gasteiger partial charge in [-0.3, -0.25) is 14.9 Å². The largest absolute Gasteiger partial charge is 0.502 e. The minimum absolute atomic E-state index is 0.0236. The number of amides is 2. The van der Waals surface area contributed by atoms with E-state index in [9.17, 15) is 14.7 Å². The number of hydrogen-bond acceptors (Lipinski definition) is 4. The van der Waals surface area contributed by atoms with Crippen molar-refractivity contribution < 1.29 is 19.4 Å². The standard InChI is InChI=1S/C13H10N2O4/c1-19-6-2-3-9-7(4-6)8(5-14-9)10-11(16)13(18)15-12(10)17/h2-5,14H,1H3,(H2,15,16,17,18). The second kappa shape index (κ2) is 3.88. The first-order valence-electron chi connectivity index (χ1n) is 5.56. The molecule has 0 atom stereocenters. The Morgan fingerprint density at radius 3 is 2.63 bits per heavy atom. The summed E-state index contributed by atoms with van der Waals surface area (Å²) in [6.45, 7) is 0. The van der Waals surface area contributed by atoms with Crippen LogP contribution in [-0.2, 0) is 9.59 Å². The Morgan fingerprint density at radius 1 is 1.21 bits per heavy atom. The molecule has 2 amide bonds. The number of ether oxygens (including phenoxy) is 1. The average molecular weight is 258 g/mol. The maximum Gasteiger partial charge on any atom is 0.293 e. The number of aromatic amines is 1. The first-order valence-corrected chi connectivity index (χ1v) is 5.56. The van der Waals surface area contributed by atoms with E-state index in [0.717, 1.165) is 5.52 Å². The minimum Gasteiger partial charge on any atom is -0.502 e. The van der Waals surface area contributed by atoms with Gasteiger partial charge in [0.25, 0.3) is 11.8 Å². The van der Waals surface area contributed by atoms with E-state index in [4.69, 9.17) is 4.74 Å². The van der Waals surface area contributed by atoms with E-state index in [1.807, 2.05) is 0 Å². The Hall–Kier alpha value is -2.76. The summed E-state index contributed by atoms with van der Waals surface area (Å²) < 4.78 is 5.12. The van der Waals surface area contributed by atoms with Gasteiger partial charge in [0.1, 0.15) is 5.75 Å². The number of benzene rings is 1. The molecule has 0 saturated carbocycles. The van der Waals surface area contributed by atoms with E-state index in [-0.39, 0.29) is 5.57 Å². The van der Waals surface area contributed by atoms with Crippen LogP contribution in [0.2, 0.25) is 0 Å². The van der Waals surface area contributed by atoms with Gasteiger partial charge in [-0.1, -0.05) is 0 Å². The van der Waals surface area contributed by atoms with Crippen LogP contribution in [0.4, 0.5) is 0 Å². The smallest absolute Gasteiger partial charge is 0.293 e. The molecule has 6 nitrogen and oxygen atoms in total. The van der Waals surface area contributed by atoms with Crippen molar-refractivity contribution in [2.24, 2.45) is 0 Å². The first-order chi connectivity index (χ1) is 9.11. The number of H-pyrrole nitrogens is 1. The van der Waals surface area contributed by atoms with Crippen molar-refractivity contribution in [3.8, 4) is 5.75 Å². The highest BCUT2D eigenvalue weighted by atomic mass is 16.5. The molecule has 2 heterocycles. The highest BCUT2D eigenvalue weighted by Gasteiger charge is 2.32. The number of hydrogen-bond donors (Lipinski definition) is 3. The van der Waals surface area contributed by atoms with Crippen molar-refractivity contribution in [3.05, 3.63) is 35.7 Å². The molecule has 1 aromatic heterocycles. The van der Waals surface area contributed by atoms with E-state index in [1.54, 1.807) is 24.4 Å². The predicted molar refractivity (Wildman–Crippen MR) is 67.5 cm³/mol. The Kier molecular flexibility index (Phi) is 2.31. The third-order valence-corrected chi connectivity index (χ3v) is 3.06. The van der Waals surface area contributed by atoms with Crippen molar-refractivity contribution in [1.29, 1.82) is 0 Å². The second-order valence-electron chi connectivity index (χ2n) is 4.12. The van der Waals surface area contributed by atoms with Crippen LogP contribution in [0.3, 0.4) is 0 Å². The number of aliphatic hydroxyl groups excluding tert-OH is 1.